The van der Waals surface area contributed by atoms with Gasteiger partial charge >= 0.3 is 0 Å². The number of benzene rings is 1. The van der Waals surface area contributed by atoms with E-state index in [9.17, 15) is 0 Å². The van der Waals surface area contributed by atoms with Crippen molar-refractivity contribution in [1.82, 2.24) is 19.9 Å². The van der Waals surface area contributed by atoms with Crippen molar-refractivity contribution in [3.63, 3.8) is 0 Å². The van der Waals surface area contributed by atoms with Crippen LogP contribution in [0.2, 0.25) is 0 Å². The first-order valence-electron chi connectivity index (χ1n) is 5.52. The van der Waals surface area contributed by atoms with E-state index in [1.54, 1.807) is 0 Å². The van der Waals surface area contributed by atoms with Gasteiger partial charge in [-0.05, 0) is 12.1 Å². The van der Waals surface area contributed by atoms with Crippen LogP contribution >= 0.6 is 11.8 Å². The summed E-state index contributed by atoms with van der Waals surface area (Å²) in [6, 6.07) is 8.12. The summed E-state index contributed by atoms with van der Waals surface area (Å²) in [5, 5.41) is 8.37. The van der Waals surface area contributed by atoms with Gasteiger partial charge in [-0.3, -0.25) is 4.90 Å². The van der Waals surface area contributed by atoms with Gasteiger partial charge in [0.15, 0.2) is 0 Å². The maximum Gasteiger partial charge on any atom is 0.113 e. The van der Waals surface area contributed by atoms with Crippen molar-refractivity contribution >= 4 is 22.8 Å². The molecule has 0 aliphatic carbocycles. The number of hydrogen-bond donors (Lipinski definition) is 0. The summed E-state index contributed by atoms with van der Waals surface area (Å²) < 4.78 is 1.99. The van der Waals surface area contributed by atoms with Crippen LogP contribution in [-0.2, 0) is 6.67 Å². The first-order valence-corrected chi connectivity index (χ1v) is 6.67. The molecule has 0 bridgehead atoms. The fourth-order valence-corrected chi connectivity index (χ4v) is 2.93. The molecule has 0 atom stereocenters. The summed E-state index contributed by atoms with van der Waals surface area (Å²) >= 11 is 2.03. The van der Waals surface area contributed by atoms with E-state index in [0.29, 0.717) is 0 Å². The summed E-state index contributed by atoms with van der Waals surface area (Å²) in [6.45, 7) is 3.17. The van der Waals surface area contributed by atoms with Gasteiger partial charge in [0.2, 0.25) is 0 Å². The Labute approximate surface area is 98.6 Å². The third kappa shape index (κ3) is 1.92. The van der Waals surface area contributed by atoms with Gasteiger partial charge in [0, 0.05) is 24.6 Å². The van der Waals surface area contributed by atoms with Gasteiger partial charge in [0.1, 0.15) is 5.52 Å². The van der Waals surface area contributed by atoms with Crippen molar-refractivity contribution in [2.24, 2.45) is 0 Å². The molecule has 0 radical (unpaired) electrons. The summed E-state index contributed by atoms with van der Waals surface area (Å²) in [7, 11) is 0. The summed E-state index contributed by atoms with van der Waals surface area (Å²) in [4.78, 5) is 2.43. The molecule has 84 valence electrons. The zero-order chi connectivity index (χ0) is 10.8. The first kappa shape index (κ1) is 10.1. The molecule has 16 heavy (non-hydrogen) atoms. The van der Waals surface area contributed by atoms with E-state index in [2.05, 4.69) is 21.3 Å². The lowest BCUT2D eigenvalue weighted by Gasteiger charge is -2.25. The highest BCUT2D eigenvalue weighted by molar-refractivity contribution is 7.99. The minimum Gasteiger partial charge on any atom is -0.283 e. The Kier molecular flexibility index (Phi) is 2.80. The molecule has 2 heterocycles. The second kappa shape index (κ2) is 4.43. The highest BCUT2D eigenvalue weighted by Crippen LogP contribution is 2.13. The molecular formula is C11H14N4S. The summed E-state index contributed by atoms with van der Waals surface area (Å²) in [5.41, 5.74) is 2.11. The molecule has 4 nitrogen and oxygen atoms in total. The Balaban J connectivity index is 1.83. The Morgan fingerprint density at radius 1 is 1.19 bits per heavy atom. The van der Waals surface area contributed by atoms with Crippen molar-refractivity contribution in [3.8, 4) is 0 Å². The third-order valence-electron chi connectivity index (χ3n) is 2.86. The zero-order valence-electron chi connectivity index (χ0n) is 9.04. The van der Waals surface area contributed by atoms with Gasteiger partial charge in [-0.15, -0.1) is 5.10 Å². The van der Waals surface area contributed by atoms with Crippen LogP contribution in [-0.4, -0.2) is 44.5 Å². The average molecular weight is 234 g/mol. The van der Waals surface area contributed by atoms with Crippen LogP contribution in [0.4, 0.5) is 0 Å². The molecule has 0 unspecified atom stereocenters. The van der Waals surface area contributed by atoms with E-state index >= 15 is 0 Å². The van der Waals surface area contributed by atoms with Crippen molar-refractivity contribution in [2.75, 3.05) is 24.6 Å². The van der Waals surface area contributed by atoms with Crippen LogP contribution in [0.15, 0.2) is 24.3 Å². The largest absolute Gasteiger partial charge is 0.283 e. The average Bonchev–Trinajstić information content (AvgIpc) is 2.74. The number of para-hydroxylation sites is 1. The molecule has 1 aromatic carbocycles. The zero-order valence-corrected chi connectivity index (χ0v) is 9.86. The molecule has 0 N–H and O–H groups in total. The lowest BCUT2D eigenvalue weighted by Crippen LogP contribution is -2.34. The van der Waals surface area contributed by atoms with Crippen LogP contribution < -0.4 is 0 Å². The highest BCUT2D eigenvalue weighted by atomic mass is 32.2. The number of rotatable bonds is 2. The fourth-order valence-electron chi connectivity index (χ4n) is 1.95. The molecule has 0 spiro atoms. The van der Waals surface area contributed by atoms with Crippen LogP contribution in [0.3, 0.4) is 0 Å². The molecule has 0 saturated carbocycles. The predicted octanol–water partition coefficient (Wildman–Crippen LogP) is 1.44. The Bertz CT molecular complexity index is 476. The third-order valence-corrected chi connectivity index (χ3v) is 3.80. The van der Waals surface area contributed by atoms with Gasteiger partial charge < -0.3 is 0 Å². The molecule has 1 aliphatic heterocycles. The number of fused-ring (bicyclic) bond motifs is 1. The second-order valence-electron chi connectivity index (χ2n) is 3.95. The molecule has 0 amide bonds. The van der Waals surface area contributed by atoms with Gasteiger partial charge in [0.25, 0.3) is 0 Å². The van der Waals surface area contributed by atoms with Gasteiger partial charge in [-0.2, -0.15) is 11.8 Å². The van der Waals surface area contributed by atoms with Crippen LogP contribution in [0.1, 0.15) is 0 Å². The van der Waals surface area contributed by atoms with Crippen LogP contribution in [0, 0.1) is 0 Å². The van der Waals surface area contributed by atoms with E-state index in [0.717, 1.165) is 30.8 Å². The van der Waals surface area contributed by atoms with Gasteiger partial charge in [-0.25, -0.2) is 4.68 Å². The molecule has 1 fully saturated rings. The first-order chi connectivity index (χ1) is 7.93. The molecule has 5 heteroatoms. The molecule has 1 aromatic heterocycles. The highest BCUT2D eigenvalue weighted by Gasteiger charge is 2.12. The van der Waals surface area contributed by atoms with Crippen molar-refractivity contribution in [1.29, 1.82) is 0 Å². The second-order valence-corrected chi connectivity index (χ2v) is 5.17. The van der Waals surface area contributed by atoms with Crippen LogP contribution in [0.5, 0.6) is 0 Å². The summed E-state index contributed by atoms with van der Waals surface area (Å²) in [5.74, 6) is 2.46. The summed E-state index contributed by atoms with van der Waals surface area (Å²) in [6.07, 6.45) is 0. The van der Waals surface area contributed by atoms with Crippen molar-refractivity contribution in [2.45, 2.75) is 6.67 Å². The Hall–Kier alpha value is -1.07. The van der Waals surface area contributed by atoms with Gasteiger partial charge in [0.05, 0.1) is 12.2 Å². The quantitative estimate of drug-likeness (QED) is 0.787. The van der Waals surface area contributed by atoms with E-state index in [4.69, 9.17) is 0 Å². The normalized spacial score (nSPS) is 18.0. The lowest BCUT2D eigenvalue weighted by molar-refractivity contribution is 0.230. The maximum atomic E-state index is 4.21. The van der Waals surface area contributed by atoms with E-state index in [1.807, 2.05) is 34.6 Å². The standard InChI is InChI=1S/C11H14N4S/c1-2-4-11-10(3-1)12-13-15(11)9-14-5-7-16-8-6-14/h1-4H,5-9H2. The molecule has 1 saturated heterocycles. The topological polar surface area (TPSA) is 34.0 Å². The molecule has 3 rings (SSSR count). The van der Waals surface area contributed by atoms with Gasteiger partial charge in [-0.1, -0.05) is 17.3 Å². The Morgan fingerprint density at radius 3 is 2.88 bits per heavy atom. The molecule has 1 aliphatic rings. The minimum atomic E-state index is 0.862. The van der Waals surface area contributed by atoms with E-state index in [1.165, 1.54) is 11.5 Å². The fraction of sp³-hybridized carbons (Fsp3) is 0.455. The minimum absolute atomic E-state index is 0.862. The number of thioether (sulfide) groups is 1. The predicted molar refractivity (Wildman–Crippen MR) is 66.4 cm³/mol. The smallest absolute Gasteiger partial charge is 0.113 e. The number of aromatic nitrogens is 3. The Morgan fingerprint density at radius 2 is 2.00 bits per heavy atom. The van der Waals surface area contributed by atoms with Crippen molar-refractivity contribution in [3.05, 3.63) is 24.3 Å². The maximum absolute atomic E-state index is 4.21. The number of nitrogens with zero attached hydrogens (tertiary/aromatic N) is 4. The number of hydrogen-bond acceptors (Lipinski definition) is 4. The van der Waals surface area contributed by atoms with E-state index < -0.39 is 0 Å². The molecular weight excluding hydrogens is 220 g/mol. The monoisotopic (exact) mass is 234 g/mol. The van der Waals surface area contributed by atoms with Crippen molar-refractivity contribution < 1.29 is 0 Å². The lowest BCUT2D eigenvalue weighted by atomic mass is 10.3. The SMILES string of the molecule is c1ccc2c(c1)nnn2CN1CCSCC1. The van der Waals surface area contributed by atoms with E-state index in [-0.39, 0.29) is 0 Å². The molecule has 2 aromatic rings. The van der Waals surface area contributed by atoms with Crippen LogP contribution in [0.25, 0.3) is 11.0 Å².